The summed E-state index contributed by atoms with van der Waals surface area (Å²) in [6, 6.07) is 12.7. The molecule has 0 spiro atoms. The van der Waals surface area contributed by atoms with Gasteiger partial charge in [0.05, 0.1) is 5.52 Å². The van der Waals surface area contributed by atoms with Crippen LogP contribution in [0.4, 0.5) is 5.69 Å². The number of amides is 1. The zero-order valence-electron chi connectivity index (χ0n) is 16.0. The molecule has 2 aromatic carbocycles. The van der Waals surface area contributed by atoms with E-state index in [1.165, 1.54) is 0 Å². The minimum atomic E-state index is -0.604. The van der Waals surface area contributed by atoms with Crippen molar-refractivity contribution in [3.63, 3.8) is 0 Å². The van der Waals surface area contributed by atoms with E-state index in [1.807, 2.05) is 45.9 Å². The van der Waals surface area contributed by atoms with E-state index >= 15 is 0 Å². The van der Waals surface area contributed by atoms with E-state index in [9.17, 15) is 14.7 Å². The van der Waals surface area contributed by atoms with Crippen LogP contribution in [0.15, 0.2) is 47.3 Å². The summed E-state index contributed by atoms with van der Waals surface area (Å²) >= 11 is 0. The SMILES string of the molecule is Cc1ccc(NC(=O)c2c(O)c3ccccc3n(CC(C)C)c2=O)c(C)c1. The number of aromatic hydroxyl groups is 1. The Morgan fingerprint density at radius 2 is 1.85 bits per heavy atom. The molecule has 0 radical (unpaired) electrons. The van der Waals surface area contributed by atoms with Gasteiger partial charge in [0.2, 0.25) is 0 Å². The van der Waals surface area contributed by atoms with E-state index in [4.69, 9.17) is 0 Å². The first kappa shape index (κ1) is 18.7. The van der Waals surface area contributed by atoms with Crippen LogP contribution >= 0.6 is 0 Å². The Balaban J connectivity index is 2.15. The number of aryl methyl sites for hydroxylation is 2. The van der Waals surface area contributed by atoms with Crippen LogP contribution in [-0.2, 0) is 6.54 Å². The number of para-hydroxylation sites is 1. The molecule has 0 aliphatic carbocycles. The molecule has 0 bridgehead atoms. The van der Waals surface area contributed by atoms with Gasteiger partial charge in [-0.3, -0.25) is 9.59 Å². The first-order valence-corrected chi connectivity index (χ1v) is 9.02. The third-order valence-corrected chi connectivity index (χ3v) is 4.55. The smallest absolute Gasteiger partial charge is 0.267 e. The number of pyridine rings is 1. The number of carbonyl (C=O) groups is 1. The average molecular weight is 364 g/mol. The molecular formula is C22H24N2O3. The van der Waals surface area contributed by atoms with E-state index in [0.717, 1.165) is 11.1 Å². The van der Waals surface area contributed by atoms with E-state index in [2.05, 4.69) is 5.32 Å². The molecular weight excluding hydrogens is 340 g/mol. The second-order valence-corrected chi connectivity index (χ2v) is 7.32. The molecule has 1 aromatic heterocycles. The summed E-state index contributed by atoms with van der Waals surface area (Å²) in [5.41, 5.74) is 2.51. The van der Waals surface area contributed by atoms with Crippen molar-refractivity contribution in [3.8, 4) is 5.75 Å². The monoisotopic (exact) mass is 364 g/mol. The molecule has 1 amide bonds. The van der Waals surface area contributed by atoms with Gasteiger partial charge < -0.3 is 15.0 Å². The van der Waals surface area contributed by atoms with Crippen molar-refractivity contribution >= 4 is 22.5 Å². The summed E-state index contributed by atoms with van der Waals surface area (Å²) in [4.78, 5) is 25.9. The second-order valence-electron chi connectivity index (χ2n) is 7.32. The maximum Gasteiger partial charge on any atom is 0.267 e. The third kappa shape index (κ3) is 3.58. The highest BCUT2D eigenvalue weighted by Crippen LogP contribution is 2.27. The zero-order valence-corrected chi connectivity index (χ0v) is 16.0. The number of nitrogens with zero attached hydrogens (tertiary/aromatic N) is 1. The van der Waals surface area contributed by atoms with Gasteiger partial charge in [0.15, 0.2) is 0 Å². The van der Waals surface area contributed by atoms with Crippen LogP contribution in [0.2, 0.25) is 0 Å². The standard InChI is InChI=1S/C22H24N2O3/c1-13(2)12-24-18-8-6-5-7-16(18)20(25)19(22(24)27)21(26)23-17-10-9-14(3)11-15(17)4/h5-11,13,25H,12H2,1-4H3,(H,23,26). The maximum absolute atomic E-state index is 13.1. The lowest BCUT2D eigenvalue weighted by atomic mass is 10.1. The number of anilines is 1. The van der Waals surface area contributed by atoms with Crippen molar-refractivity contribution < 1.29 is 9.90 Å². The fraction of sp³-hybridized carbons (Fsp3) is 0.273. The first-order chi connectivity index (χ1) is 12.8. The summed E-state index contributed by atoms with van der Waals surface area (Å²) in [5.74, 6) is -0.670. The Kier molecular flexibility index (Phi) is 5.04. The third-order valence-electron chi connectivity index (χ3n) is 4.55. The molecule has 0 saturated heterocycles. The average Bonchev–Trinajstić information content (AvgIpc) is 2.61. The van der Waals surface area contributed by atoms with Crippen LogP contribution in [-0.4, -0.2) is 15.6 Å². The van der Waals surface area contributed by atoms with Gasteiger partial charge in [-0.2, -0.15) is 0 Å². The molecule has 27 heavy (non-hydrogen) atoms. The molecule has 5 nitrogen and oxygen atoms in total. The summed E-state index contributed by atoms with van der Waals surface area (Å²) in [6.45, 7) is 8.33. The van der Waals surface area contributed by atoms with Crippen LogP contribution in [0.25, 0.3) is 10.9 Å². The predicted octanol–water partition coefficient (Wildman–Crippen LogP) is 4.23. The summed E-state index contributed by atoms with van der Waals surface area (Å²) in [6.07, 6.45) is 0. The van der Waals surface area contributed by atoms with Crippen molar-refractivity contribution in [2.75, 3.05) is 5.32 Å². The fourth-order valence-electron chi connectivity index (χ4n) is 3.28. The molecule has 0 aliphatic heterocycles. The molecule has 140 valence electrons. The highest BCUT2D eigenvalue weighted by molar-refractivity contribution is 6.09. The Morgan fingerprint density at radius 3 is 2.52 bits per heavy atom. The largest absolute Gasteiger partial charge is 0.506 e. The van der Waals surface area contributed by atoms with Gasteiger partial charge >= 0.3 is 0 Å². The second kappa shape index (κ2) is 7.27. The lowest BCUT2D eigenvalue weighted by Gasteiger charge is -2.17. The number of rotatable bonds is 4. The molecule has 1 heterocycles. The van der Waals surface area contributed by atoms with E-state index in [-0.39, 0.29) is 17.2 Å². The highest BCUT2D eigenvalue weighted by atomic mass is 16.3. The van der Waals surface area contributed by atoms with E-state index in [0.29, 0.717) is 23.1 Å². The van der Waals surface area contributed by atoms with Gasteiger partial charge in [-0.25, -0.2) is 0 Å². The van der Waals surface area contributed by atoms with Crippen LogP contribution in [0.1, 0.15) is 35.3 Å². The molecule has 0 atom stereocenters. The van der Waals surface area contributed by atoms with Crippen molar-refractivity contribution in [2.24, 2.45) is 5.92 Å². The summed E-state index contributed by atoms with van der Waals surface area (Å²) in [7, 11) is 0. The van der Waals surface area contributed by atoms with Gasteiger partial charge in [-0.1, -0.05) is 43.7 Å². The Morgan fingerprint density at radius 1 is 1.15 bits per heavy atom. The van der Waals surface area contributed by atoms with Gasteiger partial charge in [0, 0.05) is 17.6 Å². The van der Waals surface area contributed by atoms with Gasteiger partial charge in [0.25, 0.3) is 11.5 Å². The van der Waals surface area contributed by atoms with Crippen LogP contribution in [0, 0.1) is 19.8 Å². The van der Waals surface area contributed by atoms with Gasteiger partial charge in [-0.15, -0.1) is 0 Å². The normalized spacial score (nSPS) is 11.1. The number of aromatic nitrogens is 1. The zero-order chi connectivity index (χ0) is 19.7. The predicted molar refractivity (Wildman–Crippen MR) is 109 cm³/mol. The van der Waals surface area contributed by atoms with E-state index in [1.54, 1.807) is 28.8 Å². The van der Waals surface area contributed by atoms with Crippen LogP contribution in [0.3, 0.4) is 0 Å². The molecule has 0 fully saturated rings. The molecule has 0 aliphatic rings. The minimum absolute atomic E-state index is 0.214. The molecule has 0 saturated carbocycles. The summed E-state index contributed by atoms with van der Waals surface area (Å²) < 4.78 is 1.57. The Labute approximate surface area is 158 Å². The number of nitrogens with one attached hydrogen (secondary N) is 1. The van der Waals surface area contributed by atoms with E-state index < -0.39 is 11.5 Å². The number of hydrogen-bond donors (Lipinski definition) is 2. The number of fused-ring (bicyclic) bond motifs is 1. The number of carbonyl (C=O) groups excluding carboxylic acids is 1. The Bertz CT molecular complexity index is 1080. The molecule has 0 unspecified atom stereocenters. The quantitative estimate of drug-likeness (QED) is 0.728. The molecule has 3 aromatic rings. The summed E-state index contributed by atoms with van der Waals surface area (Å²) in [5, 5.41) is 13.9. The minimum Gasteiger partial charge on any atom is -0.506 e. The van der Waals surface area contributed by atoms with Crippen molar-refractivity contribution in [1.29, 1.82) is 0 Å². The number of hydrogen-bond acceptors (Lipinski definition) is 3. The van der Waals surface area contributed by atoms with Gasteiger partial charge in [0.1, 0.15) is 11.3 Å². The van der Waals surface area contributed by atoms with Crippen molar-refractivity contribution in [2.45, 2.75) is 34.2 Å². The Hall–Kier alpha value is -3.08. The lowest BCUT2D eigenvalue weighted by molar-refractivity contribution is 0.102. The maximum atomic E-state index is 13.1. The highest BCUT2D eigenvalue weighted by Gasteiger charge is 2.23. The van der Waals surface area contributed by atoms with Crippen LogP contribution in [0.5, 0.6) is 5.75 Å². The molecule has 2 N–H and O–H groups in total. The first-order valence-electron chi connectivity index (χ1n) is 9.02. The molecule has 5 heteroatoms. The van der Waals surface area contributed by atoms with Crippen molar-refractivity contribution in [3.05, 3.63) is 69.5 Å². The topological polar surface area (TPSA) is 71.3 Å². The van der Waals surface area contributed by atoms with Crippen molar-refractivity contribution in [1.82, 2.24) is 4.57 Å². The number of benzene rings is 2. The van der Waals surface area contributed by atoms with Gasteiger partial charge in [-0.05, 0) is 43.5 Å². The fourth-order valence-corrected chi connectivity index (χ4v) is 3.28. The van der Waals surface area contributed by atoms with Crippen LogP contribution < -0.4 is 10.9 Å². The lowest BCUT2D eigenvalue weighted by Crippen LogP contribution is -2.31. The molecule has 3 rings (SSSR count).